The van der Waals surface area contributed by atoms with Gasteiger partial charge in [0, 0.05) is 6.42 Å². The highest BCUT2D eigenvalue weighted by Gasteiger charge is 2.18. The molecule has 0 aliphatic heterocycles. The molecule has 0 aliphatic carbocycles. The van der Waals surface area contributed by atoms with E-state index < -0.39 is 18.2 Å². The summed E-state index contributed by atoms with van der Waals surface area (Å²) in [6.07, 6.45) is 43.3. The monoisotopic (exact) mass is 666 g/mol. The number of aliphatic hydroxyl groups excluding tert-OH is 3. The van der Waals surface area contributed by atoms with Crippen LogP contribution in [-0.4, -0.2) is 46.1 Å². The Hall–Kier alpha value is -0.910. The van der Waals surface area contributed by atoms with Gasteiger partial charge in [0.2, 0.25) is 5.91 Å². The van der Waals surface area contributed by atoms with Gasteiger partial charge < -0.3 is 20.6 Å². The second-order valence-corrected chi connectivity index (χ2v) is 14.6. The first kappa shape index (κ1) is 46.1. The lowest BCUT2D eigenvalue weighted by atomic mass is 10.0. The molecule has 4 N–H and O–H groups in total. The fourth-order valence-corrected chi connectivity index (χ4v) is 6.55. The van der Waals surface area contributed by atoms with Crippen LogP contribution in [0, 0.1) is 0 Å². The van der Waals surface area contributed by atoms with Crippen molar-refractivity contribution >= 4 is 5.91 Å². The summed E-state index contributed by atoms with van der Waals surface area (Å²) in [5, 5.41) is 33.1. The fourth-order valence-electron chi connectivity index (χ4n) is 6.55. The van der Waals surface area contributed by atoms with Crippen molar-refractivity contribution in [1.82, 2.24) is 5.32 Å². The van der Waals surface area contributed by atoms with E-state index in [1.165, 1.54) is 173 Å². The van der Waals surface area contributed by atoms with Gasteiger partial charge in [-0.05, 0) is 12.8 Å². The minimum absolute atomic E-state index is 0.125. The van der Waals surface area contributed by atoms with E-state index in [1.54, 1.807) is 6.08 Å². The van der Waals surface area contributed by atoms with Gasteiger partial charge in [0.15, 0.2) is 0 Å². The van der Waals surface area contributed by atoms with E-state index >= 15 is 0 Å². The highest BCUT2D eigenvalue weighted by molar-refractivity contribution is 5.76. The molecule has 0 rings (SSSR count). The van der Waals surface area contributed by atoms with Gasteiger partial charge >= 0.3 is 0 Å². The standard InChI is InChI=1S/C42H83NO4/c1-3-5-7-9-11-13-15-16-17-18-19-20-21-22-23-24-25-27-29-31-33-35-42(47)43-40(38-44)41(46)37-36-39(45)34-32-30-28-26-14-12-10-8-6-4-2/h36-37,39-41,44-46H,3-35,38H2,1-2H3,(H,43,47)/b37-36+/t39?,40-,41+/m0/s1. The van der Waals surface area contributed by atoms with Gasteiger partial charge in [-0.1, -0.05) is 219 Å². The molecule has 0 radical (unpaired) electrons. The van der Waals surface area contributed by atoms with Crippen molar-refractivity contribution in [2.24, 2.45) is 0 Å². The molecule has 0 saturated carbocycles. The first-order chi connectivity index (χ1) is 23.0. The Labute approximate surface area is 293 Å². The minimum Gasteiger partial charge on any atom is -0.394 e. The SMILES string of the molecule is CCCCCCCCCCCCCCCCCCCCCCCC(=O)N[C@@H](CO)[C@H](O)/C=C/C(O)CCCCCCCCCCCC. The Bertz CT molecular complexity index is 655. The number of rotatable bonds is 38. The van der Waals surface area contributed by atoms with Crippen LogP contribution >= 0.6 is 0 Å². The maximum atomic E-state index is 12.4. The second-order valence-electron chi connectivity index (χ2n) is 14.6. The Kier molecular flexibility index (Phi) is 37.2. The lowest BCUT2D eigenvalue weighted by Gasteiger charge is -2.20. The van der Waals surface area contributed by atoms with E-state index in [-0.39, 0.29) is 12.5 Å². The summed E-state index contributed by atoms with van der Waals surface area (Å²) >= 11 is 0. The Balaban J connectivity index is 3.61. The van der Waals surface area contributed by atoms with Gasteiger partial charge in [0.05, 0.1) is 24.9 Å². The van der Waals surface area contributed by atoms with Crippen molar-refractivity contribution in [2.75, 3.05) is 6.61 Å². The first-order valence-electron chi connectivity index (χ1n) is 21.0. The maximum Gasteiger partial charge on any atom is 0.220 e. The Morgan fingerprint density at radius 1 is 0.489 bits per heavy atom. The van der Waals surface area contributed by atoms with Crippen LogP contribution in [0.1, 0.15) is 226 Å². The topological polar surface area (TPSA) is 89.8 Å². The molecule has 280 valence electrons. The summed E-state index contributed by atoms with van der Waals surface area (Å²) in [6, 6.07) is -0.738. The minimum atomic E-state index is -1.01. The normalized spacial score (nSPS) is 13.7. The first-order valence-corrected chi connectivity index (χ1v) is 21.0. The zero-order valence-electron chi connectivity index (χ0n) is 31.7. The molecule has 0 spiro atoms. The molecule has 0 aromatic carbocycles. The van der Waals surface area contributed by atoms with Gasteiger partial charge in [0.25, 0.3) is 0 Å². The number of hydrogen-bond donors (Lipinski definition) is 4. The zero-order valence-corrected chi connectivity index (χ0v) is 31.7. The van der Waals surface area contributed by atoms with Crippen LogP contribution in [0.3, 0.4) is 0 Å². The predicted molar refractivity (Wildman–Crippen MR) is 204 cm³/mol. The molecule has 47 heavy (non-hydrogen) atoms. The Morgan fingerprint density at radius 2 is 0.809 bits per heavy atom. The van der Waals surface area contributed by atoms with E-state index in [4.69, 9.17) is 0 Å². The van der Waals surface area contributed by atoms with Crippen molar-refractivity contribution in [3.8, 4) is 0 Å². The largest absolute Gasteiger partial charge is 0.394 e. The zero-order chi connectivity index (χ0) is 34.5. The average molecular weight is 666 g/mol. The number of carbonyl (C=O) groups excluding carboxylic acids is 1. The molecule has 0 saturated heterocycles. The molecule has 0 fully saturated rings. The van der Waals surface area contributed by atoms with Gasteiger partial charge in [-0.2, -0.15) is 0 Å². The van der Waals surface area contributed by atoms with Crippen molar-refractivity contribution in [1.29, 1.82) is 0 Å². The van der Waals surface area contributed by atoms with E-state index in [0.717, 1.165) is 32.1 Å². The number of nitrogens with one attached hydrogen (secondary N) is 1. The highest BCUT2D eigenvalue weighted by Crippen LogP contribution is 2.16. The lowest BCUT2D eigenvalue weighted by molar-refractivity contribution is -0.123. The van der Waals surface area contributed by atoms with E-state index in [2.05, 4.69) is 19.2 Å². The highest BCUT2D eigenvalue weighted by atomic mass is 16.3. The van der Waals surface area contributed by atoms with Gasteiger partial charge in [-0.15, -0.1) is 0 Å². The van der Waals surface area contributed by atoms with Crippen LogP contribution < -0.4 is 5.32 Å². The number of hydrogen-bond acceptors (Lipinski definition) is 4. The van der Waals surface area contributed by atoms with Gasteiger partial charge in [0.1, 0.15) is 0 Å². The van der Waals surface area contributed by atoms with Crippen LogP contribution in [0.5, 0.6) is 0 Å². The molecule has 0 bridgehead atoms. The summed E-state index contributed by atoms with van der Waals surface area (Å²) < 4.78 is 0. The van der Waals surface area contributed by atoms with Crippen LogP contribution in [0.2, 0.25) is 0 Å². The van der Waals surface area contributed by atoms with Crippen LogP contribution in [0.25, 0.3) is 0 Å². The van der Waals surface area contributed by atoms with Crippen molar-refractivity contribution in [3.05, 3.63) is 12.2 Å². The number of amides is 1. The molecule has 5 nitrogen and oxygen atoms in total. The van der Waals surface area contributed by atoms with Crippen LogP contribution in [0.4, 0.5) is 0 Å². The summed E-state index contributed by atoms with van der Waals surface area (Å²) in [5.74, 6) is -0.125. The Morgan fingerprint density at radius 3 is 1.15 bits per heavy atom. The molecular weight excluding hydrogens is 582 g/mol. The summed E-state index contributed by atoms with van der Waals surface area (Å²) in [6.45, 7) is 4.21. The van der Waals surface area contributed by atoms with E-state index in [1.807, 2.05) is 0 Å². The molecule has 0 heterocycles. The van der Waals surface area contributed by atoms with Crippen LogP contribution in [-0.2, 0) is 4.79 Å². The average Bonchev–Trinajstić information content (AvgIpc) is 3.07. The number of unbranched alkanes of at least 4 members (excludes halogenated alkanes) is 29. The lowest BCUT2D eigenvalue weighted by Crippen LogP contribution is -2.45. The third kappa shape index (κ3) is 34.7. The van der Waals surface area contributed by atoms with Crippen LogP contribution in [0.15, 0.2) is 12.2 Å². The fraction of sp³-hybridized carbons (Fsp3) is 0.929. The third-order valence-corrected chi connectivity index (χ3v) is 9.85. The van der Waals surface area contributed by atoms with Gasteiger partial charge in [-0.25, -0.2) is 0 Å². The molecule has 0 aromatic heterocycles. The third-order valence-electron chi connectivity index (χ3n) is 9.85. The number of carbonyl (C=O) groups is 1. The molecule has 5 heteroatoms. The molecule has 0 aromatic rings. The summed E-state index contributed by atoms with van der Waals surface area (Å²) in [5.41, 5.74) is 0. The van der Waals surface area contributed by atoms with Crippen molar-refractivity contribution < 1.29 is 20.1 Å². The van der Waals surface area contributed by atoms with Gasteiger partial charge in [-0.3, -0.25) is 4.79 Å². The van der Waals surface area contributed by atoms with Crippen molar-refractivity contribution in [3.63, 3.8) is 0 Å². The van der Waals surface area contributed by atoms with Crippen molar-refractivity contribution in [2.45, 2.75) is 244 Å². The quantitative estimate of drug-likeness (QED) is 0.0390. The molecular formula is C42H83NO4. The molecule has 1 unspecified atom stereocenters. The maximum absolute atomic E-state index is 12.4. The smallest absolute Gasteiger partial charge is 0.220 e. The van der Waals surface area contributed by atoms with E-state index in [9.17, 15) is 20.1 Å². The number of aliphatic hydroxyl groups is 3. The van der Waals surface area contributed by atoms with E-state index in [0.29, 0.717) is 12.8 Å². The summed E-state index contributed by atoms with van der Waals surface area (Å²) in [7, 11) is 0. The molecule has 0 aliphatic rings. The second kappa shape index (κ2) is 37.9. The predicted octanol–water partition coefficient (Wildman–Crippen LogP) is 11.7. The molecule has 3 atom stereocenters. The summed E-state index contributed by atoms with van der Waals surface area (Å²) in [4.78, 5) is 12.4. The molecule has 1 amide bonds.